The SMILES string of the molecule is C=CC(=O)N1CCC(Oc2cc3c(-n4nnc5cc(C)ccc54)ncnc3cc2OC)CC1. The topological polar surface area (TPSA) is 95.3 Å². The fraction of sp³-hybridized carbons (Fsp3) is 0.292. The number of methoxy groups -OCH3 is 1. The van der Waals surface area contributed by atoms with E-state index >= 15 is 0 Å². The van der Waals surface area contributed by atoms with Gasteiger partial charge in [0.2, 0.25) is 5.91 Å². The molecule has 1 amide bonds. The monoisotopic (exact) mass is 444 g/mol. The Morgan fingerprint density at radius 1 is 1.12 bits per heavy atom. The van der Waals surface area contributed by atoms with E-state index in [0.717, 1.165) is 34.8 Å². The number of piperidine rings is 1. The van der Waals surface area contributed by atoms with Crippen molar-refractivity contribution in [1.82, 2.24) is 29.9 Å². The summed E-state index contributed by atoms with van der Waals surface area (Å²) in [6.45, 7) is 6.84. The van der Waals surface area contributed by atoms with E-state index in [1.54, 1.807) is 16.7 Å². The van der Waals surface area contributed by atoms with Gasteiger partial charge in [-0.15, -0.1) is 5.10 Å². The van der Waals surface area contributed by atoms with Gasteiger partial charge in [0.25, 0.3) is 0 Å². The summed E-state index contributed by atoms with van der Waals surface area (Å²) in [7, 11) is 1.61. The van der Waals surface area contributed by atoms with E-state index in [1.807, 2.05) is 37.3 Å². The van der Waals surface area contributed by atoms with E-state index in [2.05, 4.69) is 26.9 Å². The number of hydrogen-bond donors (Lipinski definition) is 0. The highest BCUT2D eigenvalue weighted by Crippen LogP contribution is 2.35. The maximum Gasteiger partial charge on any atom is 0.245 e. The summed E-state index contributed by atoms with van der Waals surface area (Å²) in [5.41, 5.74) is 3.49. The van der Waals surface area contributed by atoms with Crippen molar-refractivity contribution in [3.05, 3.63) is 54.9 Å². The van der Waals surface area contributed by atoms with Crippen LogP contribution in [0.15, 0.2) is 49.3 Å². The number of hydrogen-bond acceptors (Lipinski definition) is 7. The Morgan fingerprint density at radius 2 is 1.94 bits per heavy atom. The molecule has 1 aliphatic heterocycles. The van der Waals surface area contributed by atoms with Gasteiger partial charge in [0.1, 0.15) is 17.9 Å². The Kier molecular flexibility index (Phi) is 5.37. The minimum Gasteiger partial charge on any atom is -0.493 e. The van der Waals surface area contributed by atoms with Crippen molar-refractivity contribution in [2.45, 2.75) is 25.9 Å². The molecule has 0 saturated carbocycles. The van der Waals surface area contributed by atoms with Gasteiger partial charge in [-0.2, -0.15) is 4.68 Å². The van der Waals surface area contributed by atoms with Gasteiger partial charge in [-0.05, 0) is 36.8 Å². The van der Waals surface area contributed by atoms with Gasteiger partial charge in [0.15, 0.2) is 17.3 Å². The van der Waals surface area contributed by atoms with Crippen LogP contribution in [-0.2, 0) is 4.79 Å². The normalized spacial score (nSPS) is 14.5. The third-order valence-electron chi connectivity index (χ3n) is 5.92. The number of nitrogens with zero attached hydrogens (tertiary/aromatic N) is 6. The second kappa shape index (κ2) is 8.50. The molecule has 0 atom stereocenters. The molecule has 1 aliphatic rings. The predicted octanol–water partition coefficient (Wildman–Crippen LogP) is 3.24. The maximum atomic E-state index is 11.9. The first-order valence-corrected chi connectivity index (χ1v) is 10.8. The summed E-state index contributed by atoms with van der Waals surface area (Å²) >= 11 is 0. The van der Waals surface area contributed by atoms with Crippen LogP contribution in [0.2, 0.25) is 0 Å². The number of rotatable bonds is 5. The molecule has 2 aromatic carbocycles. The van der Waals surface area contributed by atoms with Crippen LogP contribution in [0, 0.1) is 6.92 Å². The molecule has 2 aromatic heterocycles. The number of carbonyl (C=O) groups excluding carboxylic acids is 1. The first-order valence-electron chi connectivity index (χ1n) is 10.8. The minimum absolute atomic E-state index is 0.0338. The van der Waals surface area contributed by atoms with E-state index in [9.17, 15) is 4.79 Å². The lowest BCUT2D eigenvalue weighted by Gasteiger charge is -2.31. The van der Waals surface area contributed by atoms with Gasteiger partial charge in [0.05, 0.1) is 18.1 Å². The van der Waals surface area contributed by atoms with Crippen molar-refractivity contribution in [3.63, 3.8) is 0 Å². The second-order valence-corrected chi connectivity index (χ2v) is 8.06. The van der Waals surface area contributed by atoms with E-state index < -0.39 is 0 Å². The van der Waals surface area contributed by atoms with Crippen LogP contribution in [0.5, 0.6) is 11.5 Å². The van der Waals surface area contributed by atoms with E-state index in [-0.39, 0.29) is 12.0 Å². The molecule has 0 spiro atoms. The second-order valence-electron chi connectivity index (χ2n) is 8.06. The van der Waals surface area contributed by atoms with Gasteiger partial charge >= 0.3 is 0 Å². The smallest absolute Gasteiger partial charge is 0.245 e. The third kappa shape index (κ3) is 3.86. The van der Waals surface area contributed by atoms with Crippen molar-refractivity contribution < 1.29 is 14.3 Å². The molecule has 3 heterocycles. The molecule has 9 nitrogen and oxygen atoms in total. The molecule has 1 saturated heterocycles. The van der Waals surface area contributed by atoms with Crippen LogP contribution in [0.1, 0.15) is 18.4 Å². The van der Waals surface area contributed by atoms with Crippen LogP contribution in [0.25, 0.3) is 27.8 Å². The zero-order chi connectivity index (χ0) is 22.9. The van der Waals surface area contributed by atoms with Crippen molar-refractivity contribution in [2.24, 2.45) is 0 Å². The highest BCUT2D eigenvalue weighted by Gasteiger charge is 2.24. The van der Waals surface area contributed by atoms with Crippen molar-refractivity contribution >= 4 is 27.8 Å². The summed E-state index contributed by atoms with van der Waals surface area (Å²) in [6.07, 6.45) is 4.28. The van der Waals surface area contributed by atoms with Crippen LogP contribution in [-0.4, -0.2) is 62.1 Å². The van der Waals surface area contributed by atoms with Crippen LogP contribution in [0.4, 0.5) is 0 Å². The van der Waals surface area contributed by atoms with E-state index in [4.69, 9.17) is 9.47 Å². The predicted molar refractivity (Wildman–Crippen MR) is 124 cm³/mol. The van der Waals surface area contributed by atoms with Gasteiger partial charge in [-0.25, -0.2) is 9.97 Å². The highest BCUT2D eigenvalue weighted by atomic mass is 16.5. The van der Waals surface area contributed by atoms with E-state index in [1.165, 1.54) is 12.4 Å². The molecular weight excluding hydrogens is 420 g/mol. The first kappa shape index (κ1) is 20.9. The summed E-state index contributed by atoms with van der Waals surface area (Å²) in [5.74, 6) is 1.77. The Labute approximate surface area is 190 Å². The van der Waals surface area contributed by atoms with Crippen molar-refractivity contribution in [2.75, 3.05) is 20.2 Å². The number of fused-ring (bicyclic) bond motifs is 2. The fourth-order valence-electron chi connectivity index (χ4n) is 4.16. The highest BCUT2D eigenvalue weighted by molar-refractivity contribution is 5.90. The average molecular weight is 444 g/mol. The molecule has 33 heavy (non-hydrogen) atoms. The minimum atomic E-state index is -0.0474. The first-order chi connectivity index (χ1) is 16.1. The van der Waals surface area contributed by atoms with Crippen LogP contribution >= 0.6 is 0 Å². The number of benzene rings is 2. The standard InChI is InChI=1S/C24H24N6O3/c1-4-23(31)29-9-7-16(8-10-29)33-22-12-17-18(13-21(22)32-3)25-14-26-24(17)30-20-6-5-15(2)11-19(20)27-28-30/h4-6,11-14,16H,1,7-10H2,2-3H3. The Hall–Kier alpha value is -4.01. The molecule has 5 rings (SSSR count). The molecule has 1 fully saturated rings. The summed E-state index contributed by atoms with van der Waals surface area (Å²) < 4.78 is 13.6. The largest absolute Gasteiger partial charge is 0.493 e. The summed E-state index contributed by atoms with van der Waals surface area (Å²) in [4.78, 5) is 22.6. The Balaban J connectivity index is 1.51. The molecule has 0 radical (unpaired) electrons. The number of likely N-dealkylation sites (tertiary alicyclic amines) is 1. The van der Waals surface area contributed by atoms with Crippen LogP contribution in [0.3, 0.4) is 0 Å². The van der Waals surface area contributed by atoms with Gasteiger partial charge in [0, 0.05) is 37.4 Å². The lowest BCUT2D eigenvalue weighted by molar-refractivity contribution is -0.127. The lowest BCUT2D eigenvalue weighted by atomic mass is 10.1. The molecule has 0 N–H and O–H groups in total. The number of amides is 1. The zero-order valence-electron chi connectivity index (χ0n) is 18.6. The Morgan fingerprint density at radius 3 is 2.70 bits per heavy atom. The van der Waals surface area contributed by atoms with Gasteiger partial charge in [-0.1, -0.05) is 17.9 Å². The van der Waals surface area contributed by atoms with Crippen molar-refractivity contribution in [3.8, 4) is 17.3 Å². The molecule has 4 aromatic rings. The van der Waals surface area contributed by atoms with Crippen molar-refractivity contribution in [1.29, 1.82) is 0 Å². The number of aromatic nitrogens is 5. The summed E-state index contributed by atoms with van der Waals surface area (Å²) in [5, 5.41) is 9.41. The number of aryl methyl sites for hydroxylation is 1. The quantitative estimate of drug-likeness (QED) is 0.436. The van der Waals surface area contributed by atoms with Gasteiger partial charge in [-0.3, -0.25) is 4.79 Å². The lowest BCUT2D eigenvalue weighted by Crippen LogP contribution is -2.41. The maximum absolute atomic E-state index is 11.9. The average Bonchev–Trinajstić information content (AvgIpc) is 3.26. The molecule has 9 heteroatoms. The Bertz CT molecular complexity index is 1360. The molecule has 0 aliphatic carbocycles. The van der Waals surface area contributed by atoms with Crippen LogP contribution < -0.4 is 9.47 Å². The van der Waals surface area contributed by atoms with E-state index in [0.29, 0.717) is 35.9 Å². The van der Waals surface area contributed by atoms with Gasteiger partial charge < -0.3 is 14.4 Å². The molecular formula is C24H24N6O3. The third-order valence-corrected chi connectivity index (χ3v) is 5.92. The molecule has 168 valence electrons. The fourth-order valence-corrected chi connectivity index (χ4v) is 4.16. The number of carbonyl (C=O) groups is 1. The summed E-state index contributed by atoms with van der Waals surface area (Å²) in [6, 6.07) is 9.73. The molecule has 0 bridgehead atoms. The number of ether oxygens (including phenoxy) is 2. The molecule has 0 unspecified atom stereocenters. The zero-order valence-corrected chi connectivity index (χ0v) is 18.6.